The Kier molecular flexibility index (Phi) is 4.49. The summed E-state index contributed by atoms with van der Waals surface area (Å²) in [6.07, 6.45) is -6.26. The number of oxazole rings is 1. The summed E-state index contributed by atoms with van der Waals surface area (Å²) in [5, 5.41) is 13.3. The highest BCUT2D eigenvalue weighted by molar-refractivity contribution is 7.09. The molecule has 1 aromatic carbocycles. The van der Waals surface area contributed by atoms with Crippen LogP contribution in [0, 0.1) is 13.8 Å². The maximum absolute atomic E-state index is 13.4. The van der Waals surface area contributed by atoms with Gasteiger partial charge in [0.2, 0.25) is 11.5 Å². The highest BCUT2D eigenvalue weighted by atomic mass is 32.1. The Morgan fingerprint density at radius 1 is 1.31 bits per heavy atom. The van der Waals surface area contributed by atoms with Gasteiger partial charge in [-0.15, -0.1) is 11.3 Å². The summed E-state index contributed by atoms with van der Waals surface area (Å²) in [5.41, 5.74) is -1.83. The quantitative estimate of drug-likeness (QED) is 0.715. The van der Waals surface area contributed by atoms with Gasteiger partial charge in [0.1, 0.15) is 10.5 Å². The van der Waals surface area contributed by atoms with Crippen LogP contribution in [-0.2, 0) is 10.4 Å². The molecule has 1 atom stereocenters. The van der Waals surface area contributed by atoms with E-state index in [0.717, 1.165) is 0 Å². The minimum Gasteiger partial charge on any atom is -0.441 e. The van der Waals surface area contributed by atoms with Crippen molar-refractivity contribution in [1.82, 2.24) is 9.97 Å². The van der Waals surface area contributed by atoms with Gasteiger partial charge < -0.3 is 14.8 Å². The highest BCUT2D eigenvalue weighted by Crippen LogP contribution is 2.43. The Morgan fingerprint density at radius 2 is 2.04 bits per heavy atom. The van der Waals surface area contributed by atoms with E-state index in [-0.39, 0.29) is 5.69 Å². The number of anilines is 1. The van der Waals surface area contributed by atoms with Crippen LogP contribution in [0.15, 0.2) is 28.0 Å². The van der Waals surface area contributed by atoms with Crippen LogP contribution in [0.4, 0.5) is 18.9 Å². The van der Waals surface area contributed by atoms with Crippen LogP contribution < -0.4 is 5.32 Å². The predicted molar refractivity (Wildman–Crippen MR) is 88.8 cm³/mol. The number of benzene rings is 1. The van der Waals surface area contributed by atoms with Crippen LogP contribution in [0.3, 0.4) is 0 Å². The molecule has 0 aliphatic heterocycles. The molecule has 26 heavy (non-hydrogen) atoms. The molecule has 1 amide bonds. The van der Waals surface area contributed by atoms with Crippen LogP contribution in [0.1, 0.15) is 23.0 Å². The Morgan fingerprint density at radius 3 is 2.65 bits per heavy atom. The number of aromatic nitrogens is 2. The Labute approximate surface area is 149 Å². The second kappa shape index (κ2) is 6.36. The molecule has 2 heterocycles. The fraction of sp³-hybridized carbons (Fsp3) is 0.312. The number of thiazole rings is 1. The van der Waals surface area contributed by atoms with Crippen molar-refractivity contribution in [3.8, 4) is 0 Å². The van der Waals surface area contributed by atoms with Crippen LogP contribution in [0.5, 0.6) is 0 Å². The first-order valence-electron chi connectivity index (χ1n) is 7.47. The van der Waals surface area contributed by atoms with E-state index in [1.165, 1.54) is 24.4 Å². The number of nitrogens with zero attached hydrogens (tertiary/aromatic N) is 2. The average molecular weight is 385 g/mol. The average Bonchev–Trinajstić information content (AvgIpc) is 3.10. The predicted octanol–water partition coefficient (Wildman–Crippen LogP) is 3.68. The molecule has 2 aromatic heterocycles. The SMILES string of the molecule is Cc1csc([C@@](O)(CC(=O)Nc2ccc3oc(C)nc3c2)C(F)(F)F)n1. The minimum absolute atomic E-state index is 0.246. The molecule has 0 spiro atoms. The van der Waals surface area contributed by atoms with Crippen molar-refractivity contribution in [2.45, 2.75) is 32.0 Å². The number of nitrogens with one attached hydrogen (secondary N) is 1. The van der Waals surface area contributed by atoms with E-state index in [4.69, 9.17) is 4.42 Å². The normalized spacial score (nSPS) is 14.4. The smallest absolute Gasteiger partial charge is 0.424 e. The maximum Gasteiger partial charge on any atom is 0.424 e. The Bertz CT molecular complexity index is 966. The molecule has 0 saturated carbocycles. The summed E-state index contributed by atoms with van der Waals surface area (Å²) in [7, 11) is 0. The van der Waals surface area contributed by atoms with Gasteiger partial charge in [0.25, 0.3) is 0 Å². The molecule has 3 aromatic rings. The number of carbonyl (C=O) groups excluding carboxylic acids is 1. The van der Waals surface area contributed by atoms with Crippen molar-refractivity contribution < 1.29 is 27.5 Å². The standard InChI is InChI=1S/C16H14F3N3O3S/c1-8-7-26-14(20-8)15(24,16(17,18)19)6-13(23)22-10-3-4-12-11(5-10)21-9(2)25-12/h3-5,7,24H,6H2,1-2H3,(H,22,23)/t15-/m0/s1. The number of halogens is 3. The monoisotopic (exact) mass is 385 g/mol. The van der Waals surface area contributed by atoms with Crippen LogP contribution >= 0.6 is 11.3 Å². The molecule has 2 N–H and O–H groups in total. The molecule has 0 fully saturated rings. The summed E-state index contributed by atoms with van der Waals surface area (Å²) < 4.78 is 45.6. The second-order valence-corrected chi connectivity index (χ2v) is 6.65. The lowest BCUT2D eigenvalue weighted by Gasteiger charge is -2.27. The number of aliphatic hydroxyl groups is 1. The maximum atomic E-state index is 13.4. The molecule has 138 valence electrons. The number of aryl methyl sites for hydroxylation is 2. The Hall–Kier alpha value is -2.46. The molecule has 0 radical (unpaired) electrons. The second-order valence-electron chi connectivity index (χ2n) is 5.79. The third kappa shape index (κ3) is 3.42. The van der Waals surface area contributed by atoms with E-state index in [0.29, 0.717) is 34.0 Å². The van der Waals surface area contributed by atoms with Crippen LogP contribution in [-0.4, -0.2) is 27.2 Å². The summed E-state index contributed by atoms with van der Waals surface area (Å²) >= 11 is 0.653. The Balaban J connectivity index is 1.83. The van der Waals surface area contributed by atoms with E-state index >= 15 is 0 Å². The van der Waals surface area contributed by atoms with Crippen molar-refractivity contribution >= 4 is 34.0 Å². The zero-order chi connectivity index (χ0) is 19.1. The van der Waals surface area contributed by atoms with Crippen LogP contribution in [0.2, 0.25) is 0 Å². The number of alkyl halides is 3. The largest absolute Gasteiger partial charge is 0.441 e. The lowest BCUT2D eigenvalue weighted by Crippen LogP contribution is -2.45. The summed E-state index contributed by atoms with van der Waals surface area (Å²) in [4.78, 5) is 19.9. The van der Waals surface area contributed by atoms with Gasteiger partial charge in [0.15, 0.2) is 11.5 Å². The van der Waals surface area contributed by atoms with Crippen molar-refractivity contribution in [3.63, 3.8) is 0 Å². The molecule has 0 aliphatic carbocycles. The first-order valence-corrected chi connectivity index (χ1v) is 8.35. The number of hydrogen-bond acceptors (Lipinski definition) is 6. The van der Waals surface area contributed by atoms with Gasteiger partial charge in [0.05, 0.1) is 6.42 Å². The first-order chi connectivity index (χ1) is 12.1. The number of rotatable bonds is 4. The van der Waals surface area contributed by atoms with E-state index < -0.39 is 29.1 Å². The molecule has 10 heteroatoms. The number of hydrogen-bond donors (Lipinski definition) is 2. The van der Waals surface area contributed by atoms with Gasteiger partial charge >= 0.3 is 6.18 Å². The molecule has 3 rings (SSSR count). The zero-order valence-corrected chi connectivity index (χ0v) is 14.5. The molecule has 0 saturated heterocycles. The van der Waals surface area contributed by atoms with Crippen molar-refractivity contribution in [1.29, 1.82) is 0 Å². The fourth-order valence-corrected chi connectivity index (χ4v) is 3.31. The lowest BCUT2D eigenvalue weighted by atomic mass is 9.99. The third-order valence-corrected chi connectivity index (χ3v) is 4.75. The zero-order valence-electron chi connectivity index (χ0n) is 13.7. The summed E-state index contributed by atoms with van der Waals surface area (Å²) in [6.45, 7) is 3.16. The topological polar surface area (TPSA) is 88.2 Å². The fourth-order valence-electron chi connectivity index (χ4n) is 2.40. The van der Waals surface area contributed by atoms with Crippen LogP contribution in [0.25, 0.3) is 11.1 Å². The highest BCUT2D eigenvalue weighted by Gasteiger charge is 2.58. The van der Waals surface area contributed by atoms with Gasteiger partial charge in [-0.05, 0) is 25.1 Å². The molecular weight excluding hydrogens is 371 g/mol. The summed E-state index contributed by atoms with van der Waals surface area (Å²) in [6, 6.07) is 4.50. The lowest BCUT2D eigenvalue weighted by molar-refractivity contribution is -0.266. The number of amides is 1. The van der Waals surface area contributed by atoms with Crippen molar-refractivity contribution in [2.75, 3.05) is 5.32 Å². The van der Waals surface area contributed by atoms with Gasteiger partial charge in [-0.2, -0.15) is 13.2 Å². The number of carbonyl (C=O) groups is 1. The van der Waals surface area contributed by atoms with Crippen molar-refractivity contribution in [2.24, 2.45) is 0 Å². The van der Waals surface area contributed by atoms with Gasteiger partial charge in [-0.25, -0.2) is 9.97 Å². The van der Waals surface area contributed by atoms with E-state index in [1.54, 1.807) is 13.0 Å². The van der Waals surface area contributed by atoms with Crippen molar-refractivity contribution in [3.05, 3.63) is 40.2 Å². The van der Waals surface area contributed by atoms with Gasteiger partial charge in [0, 0.05) is 23.7 Å². The van der Waals surface area contributed by atoms with E-state index in [2.05, 4.69) is 15.3 Å². The molecule has 0 bridgehead atoms. The first kappa shape index (κ1) is 18.3. The minimum atomic E-state index is -5.05. The number of fused-ring (bicyclic) bond motifs is 1. The molecular formula is C16H14F3N3O3S. The third-order valence-electron chi connectivity index (χ3n) is 3.64. The van der Waals surface area contributed by atoms with Gasteiger partial charge in [-0.1, -0.05) is 0 Å². The molecule has 0 unspecified atom stereocenters. The van der Waals surface area contributed by atoms with E-state index in [1.807, 2.05) is 0 Å². The molecule has 0 aliphatic rings. The summed E-state index contributed by atoms with van der Waals surface area (Å²) in [5.74, 6) is -0.577. The molecule has 6 nitrogen and oxygen atoms in total. The van der Waals surface area contributed by atoms with Gasteiger partial charge in [-0.3, -0.25) is 4.79 Å². The van der Waals surface area contributed by atoms with E-state index in [9.17, 15) is 23.1 Å².